The molecule has 0 bridgehead atoms. The average Bonchev–Trinajstić information content (AvgIpc) is 2.72. The van der Waals surface area contributed by atoms with Crippen LogP contribution in [0.2, 0.25) is 0 Å². The van der Waals surface area contributed by atoms with Crippen LogP contribution >= 0.6 is 11.3 Å². The first kappa shape index (κ1) is 12.4. The van der Waals surface area contributed by atoms with E-state index in [-0.39, 0.29) is 11.8 Å². The van der Waals surface area contributed by atoms with Crippen LogP contribution in [0.5, 0.6) is 0 Å². The lowest BCUT2D eigenvalue weighted by atomic mass is 10.5. The summed E-state index contributed by atoms with van der Waals surface area (Å²) in [7, 11) is 1.71. The van der Waals surface area contributed by atoms with Gasteiger partial charge in [0.2, 0.25) is 16.0 Å². The molecule has 0 aromatic carbocycles. The average molecular weight is 243 g/mol. The molecule has 0 saturated carbocycles. The van der Waals surface area contributed by atoms with E-state index >= 15 is 0 Å². The molecule has 16 heavy (non-hydrogen) atoms. The summed E-state index contributed by atoms with van der Waals surface area (Å²) in [5.74, 6) is -0.410. The van der Waals surface area contributed by atoms with Crippen molar-refractivity contribution in [2.45, 2.75) is 6.92 Å². The molecule has 0 unspecified atom stereocenters. The number of carbonyl (C=O) groups excluding carboxylic acids is 2. The van der Waals surface area contributed by atoms with Crippen molar-refractivity contribution < 1.29 is 9.59 Å². The van der Waals surface area contributed by atoms with Gasteiger partial charge in [-0.25, -0.2) is 0 Å². The summed E-state index contributed by atoms with van der Waals surface area (Å²) in [5, 5.41) is 16.3. The number of aromatic nitrogens is 2. The Balaban J connectivity index is 2.32. The number of nitrogens with zero attached hydrogens (tertiary/aromatic N) is 2. The first-order valence-corrected chi connectivity index (χ1v) is 5.49. The van der Waals surface area contributed by atoms with E-state index in [1.54, 1.807) is 7.05 Å². The molecule has 0 fully saturated rings. The zero-order valence-corrected chi connectivity index (χ0v) is 9.85. The molecule has 0 saturated heterocycles. The van der Waals surface area contributed by atoms with Gasteiger partial charge in [0.05, 0.1) is 0 Å². The zero-order valence-electron chi connectivity index (χ0n) is 9.03. The van der Waals surface area contributed by atoms with Crippen molar-refractivity contribution in [1.82, 2.24) is 20.8 Å². The fourth-order valence-corrected chi connectivity index (χ4v) is 1.52. The van der Waals surface area contributed by atoms with E-state index in [1.165, 1.54) is 18.3 Å². The van der Waals surface area contributed by atoms with E-state index < -0.39 is 0 Å². The van der Waals surface area contributed by atoms with Crippen molar-refractivity contribution in [1.29, 1.82) is 0 Å². The summed E-state index contributed by atoms with van der Waals surface area (Å²) in [6.45, 7) is 2.19. The van der Waals surface area contributed by atoms with Gasteiger partial charge in [-0.05, 0) is 0 Å². The minimum atomic E-state index is -0.288. The highest BCUT2D eigenvalue weighted by molar-refractivity contribution is 7.17. The third-order valence-corrected chi connectivity index (χ3v) is 2.56. The predicted molar refractivity (Wildman–Crippen MR) is 60.5 cm³/mol. The highest BCUT2D eigenvalue weighted by atomic mass is 32.1. The fraction of sp³-hybridized carbons (Fsp3) is 0.500. The SMILES string of the molecule is CNc1nnc(C(=O)NCCNC(C)=O)s1. The lowest BCUT2D eigenvalue weighted by molar-refractivity contribution is -0.118. The smallest absolute Gasteiger partial charge is 0.282 e. The highest BCUT2D eigenvalue weighted by Crippen LogP contribution is 2.13. The maximum atomic E-state index is 11.5. The molecule has 0 radical (unpaired) electrons. The van der Waals surface area contributed by atoms with E-state index in [0.29, 0.717) is 23.2 Å². The van der Waals surface area contributed by atoms with E-state index in [2.05, 4.69) is 26.1 Å². The first-order valence-electron chi connectivity index (χ1n) is 4.67. The second kappa shape index (κ2) is 6.01. The lowest BCUT2D eigenvalue weighted by Crippen LogP contribution is -2.33. The van der Waals surface area contributed by atoms with Gasteiger partial charge < -0.3 is 16.0 Å². The van der Waals surface area contributed by atoms with Crippen molar-refractivity contribution in [3.8, 4) is 0 Å². The number of hydrogen-bond acceptors (Lipinski definition) is 6. The van der Waals surface area contributed by atoms with Crippen LogP contribution in [0.1, 0.15) is 16.7 Å². The molecule has 2 amide bonds. The van der Waals surface area contributed by atoms with Crippen LogP contribution in [-0.4, -0.2) is 42.1 Å². The normalized spacial score (nSPS) is 9.62. The van der Waals surface area contributed by atoms with Gasteiger partial charge in [-0.15, -0.1) is 10.2 Å². The molecule has 0 atom stereocenters. The fourth-order valence-electron chi connectivity index (χ4n) is 0.906. The molecule has 1 heterocycles. The molecular weight excluding hydrogens is 230 g/mol. The van der Waals surface area contributed by atoms with Gasteiger partial charge in [0.15, 0.2) is 0 Å². The van der Waals surface area contributed by atoms with Gasteiger partial charge in [-0.1, -0.05) is 11.3 Å². The molecular formula is C8H13N5O2S. The Bertz CT molecular complexity index is 378. The van der Waals surface area contributed by atoms with Gasteiger partial charge >= 0.3 is 0 Å². The van der Waals surface area contributed by atoms with Crippen LogP contribution in [0.15, 0.2) is 0 Å². The van der Waals surface area contributed by atoms with Crippen molar-refractivity contribution in [3.63, 3.8) is 0 Å². The minimum Gasteiger partial charge on any atom is -0.363 e. The Morgan fingerprint density at radius 3 is 2.50 bits per heavy atom. The number of amides is 2. The molecule has 0 spiro atoms. The van der Waals surface area contributed by atoms with E-state index in [0.717, 1.165) is 0 Å². The highest BCUT2D eigenvalue weighted by Gasteiger charge is 2.11. The Kier molecular flexibility index (Phi) is 4.65. The Morgan fingerprint density at radius 1 is 1.25 bits per heavy atom. The molecule has 1 aromatic rings. The second-order valence-electron chi connectivity index (χ2n) is 2.90. The topological polar surface area (TPSA) is 96.0 Å². The summed E-state index contributed by atoms with van der Waals surface area (Å²) in [6.07, 6.45) is 0. The van der Waals surface area contributed by atoms with E-state index in [1.807, 2.05) is 0 Å². The molecule has 0 aliphatic rings. The second-order valence-corrected chi connectivity index (χ2v) is 3.88. The summed E-state index contributed by atoms with van der Waals surface area (Å²) < 4.78 is 0. The molecule has 88 valence electrons. The monoisotopic (exact) mass is 243 g/mol. The first-order chi connectivity index (χ1) is 7.63. The third-order valence-electron chi connectivity index (χ3n) is 1.62. The standard InChI is InChI=1S/C8H13N5O2S/c1-5(14)10-3-4-11-6(15)7-12-13-8(9-2)16-7/h3-4H2,1-2H3,(H,9,13)(H,10,14)(H,11,15). The predicted octanol–water partition coefficient (Wildman–Crippen LogP) is -0.554. The molecule has 8 heteroatoms. The Morgan fingerprint density at radius 2 is 1.94 bits per heavy atom. The third kappa shape index (κ3) is 3.81. The number of anilines is 1. The number of nitrogens with one attached hydrogen (secondary N) is 3. The summed E-state index contributed by atoms with van der Waals surface area (Å²) in [4.78, 5) is 22.0. The molecule has 3 N–H and O–H groups in total. The van der Waals surface area contributed by atoms with Crippen molar-refractivity contribution in [2.75, 3.05) is 25.5 Å². The van der Waals surface area contributed by atoms with Crippen LogP contribution in [0.25, 0.3) is 0 Å². The lowest BCUT2D eigenvalue weighted by Gasteiger charge is -2.02. The molecule has 1 rings (SSSR count). The zero-order chi connectivity index (χ0) is 12.0. The molecule has 0 aliphatic carbocycles. The molecule has 7 nitrogen and oxygen atoms in total. The maximum Gasteiger partial charge on any atom is 0.282 e. The summed E-state index contributed by atoms with van der Waals surface area (Å²) in [5.41, 5.74) is 0. The summed E-state index contributed by atoms with van der Waals surface area (Å²) in [6, 6.07) is 0. The van der Waals surface area contributed by atoms with Crippen LogP contribution in [0, 0.1) is 0 Å². The number of rotatable bonds is 5. The Hall–Kier alpha value is -1.70. The number of carbonyl (C=O) groups is 2. The van der Waals surface area contributed by atoms with Crippen LogP contribution in [-0.2, 0) is 4.79 Å². The minimum absolute atomic E-state index is 0.123. The van der Waals surface area contributed by atoms with Crippen LogP contribution < -0.4 is 16.0 Å². The molecule has 0 aliphatic heterocycles. The van der Waals surface area contributed by atoms with Gasteiger partial charge in [0.1, 0.15) is 0 Å². The van der Waals surface area contributed by atoms with Crippen LogP contribution in [0.4, 0.5) is 5.13 Å². The van der Waals surface area contributed by atoms with Gasteiger partial charge in [0, 0.05) is 27.1 Å². The number of hydrogen-bond donors (Lipinski definition) is 3. The van der Waals surface area contributed by atoms with Crippen molar-refractivity contribution in [2.24, 2.45) is 0 Å². The van der Waals surface area contributed by atoms with Gasteiger partial charge in [-0.3, -0.25) is 9.59 Å². The van der Waals surface area contributed by atoms with Crippen molar-refractivity contribution >= 4 is 28.3 Å². The maximum absolute atomic E-state index is 11.5. The molecule has 1 aromatic heterocycles. The Labute approximate surface area is 96.6 Å². The van der Waals surface area contributed by atoms with Crippen molar-refractivity contribution in [3.05, 3.63) is 5.01 Å². The van der Waals surface area contributed by atoms with E-state index in [9.17, 15) is 9.59 Å². The van der Waals surface area contributed by atoms with E-state index in [4.69, 9.17) is 0 Å². The summed E-state index contributed by atoms with van der Waals surface area (Å²) >= 11 is 1.17. The van der Waals surface area contributed by atoms with Gasteiger partial charge in [-0.2, -0.15) is 0 Å². The quantitative estimate of drug-likeness (QED) is 0.603. The largest absolute Gasteiger partial charge is 0.363 e. The van der Waals surface area contributed by atoms with Crippen LogP contribution in [0.3, 0.4) is 0 Å². The van der Waals surface area contributed by atoms with Gasteiger partial charge in [0.25, 0.3) is 5.91 Å².